The molecule has 6 heteroatoms. The Kier molecular flexibility index (Phi) is 2.74. The van der Waals surface area contributed by atoms with Crippen molar-refractivity contribution in [2.45, 2.75) is 43.9 Å². The molecule has 2 aliphatic heterocycles. The van der Waals surface area contributed by atoms with Crippen LogP contribution in [0, 0.1) is 0 Å². The minimum Gasteiger partial charge on any atom is -0.387 e. The average Bonchev–Trinajstić information content (AvgIpc) is 2.16. The summed E-state index contributed by atoms with van der Waals surface area (Å²) in [5.74, 6) is 0. The predicted octanol–water partition coefficient (Wildman–Crippen LogP) is -1.81. The topological polar surface area (TPSA) is 88.4 Å². The zero-order valence-electron chi connectivity index (χ0n) is 7.74. The molecule has 0 aliphatic carbocycles. The van der Waals surface area contributed by atoms with E-state index in [2.05, 4.69) is 0 Å². The minimum absolute atomic E-state index is 0.243. The van der Waals surface area contributed by atoms with E-state index < -0.39 is 37.0 Å². The minimum atomic E-state index is -1.38. The molecule has 0 aromatic heterocycles. The van der Waals surface area contributed by atoms with Crippen LogP contribution in [0.4, 0.5) is 0 Å². The number of ether oxygens (including phenoxy) is 3. The second-order valence-electron chi connectivity index (χ2n) is 3.55. The molecule has 6 nitrogen and oxygen atoms in total. The van der Waals surface area contributed by atoms with Gasteiger partial charge >= 0.3 is 0 Å². The second kappa shape index (κ2) is 3.73. The van der Waals surface area contributed by atoms with Crippen LogP contribution < -0.4 is 0 Å². The van der Waals surface area contributed by atoms with Crippen molar-refractivity contribution in [1.29, 1.82) is 0 Å². The molecule has 2 heterocycles. The van der Waals surface area contributed by atoms with E-state index in [9.17, 15) is 15.3 Å². The van der Waals surface area contributed by atoms with Crippen LogP contribution >= 0.6 is 0 Å². The molecule has 0 aromatic rings. The lowest BCUT2D eigenvalue weighted by Gasteiger charge is -2.44. The highest BCUT2D eigenvalue weighted by atomic mass is 16.7. The molecule has 0 bridgehead atoms. The van der Waals surface area contributed by atoms with Gasteiger partial charge in [-0.3, -0.25) is 0 Å². The van der Waals surface area contributed by atoms with Crippen LogP contribution in [0.5, 0.6) is 0 Å². The second-order valence-corrected chi connectivity index (χ2v) is 3.55. The van der Waals surface area contributed by atoms with Crippen molar-refractivity contribution in [2.24, 2.45) is 0 Å². The number of hydrogen-bond donors (Lipinski definition) is 3. The molecule has 0 aromatic carbocycles. The summed E-state index contributed by atoms with van der Waals surface area (Å²) in [6.45, 7) is 1.94. The van der Waals surface area contributed by atoms with Crippen molar-refractivity contribution in [1.82, 2.24) is 0 Å². The standard InChI is InChI=1S/C8H14O6/c1-3-12-2-4-7(13-3)5(9)6(10)8(11)14-4/h3-11H,2H2,1H3/t3-,4-,5-,6-,7-,8?/m1/s1. The Morgan fingerprint density at radius 1 is 1.07 bits per heavy atom. The van der Waals surface area contributed by atoms with E-state index in [0.29, 0.717) is 0 Å². The smallest absolute Gasteiger partial charge is 0.184 e. The van der Waals surface area contributed by atoms with Crippen molar-refractivity contribution in [2.75, 3.05) is 6.61 Å². The van der Waals surface area contributed by atoms with Crippen molar-refractivity contribution >= 4 is 0 Å². The third-order valence-electron chi connectivity index (χ3n) is 2.50. The van der Waals surface area contributed by atoms with Crippen LogP contribution in [0.15, 0.2) is 0 Å². The summed E-state index contributed by atoms with van der Waals surface area (Å²) >= 11 is 0. The van der Waals surface area contributed by atoms with Crippen molar-refractivity contribution in [3.8, 4) is 0 Å². The molecule has 2 saturated heterocycles. The molecular weight excluding hydrogens is 192 g/mol. The lowest BCUT2D eigenvalue weighted by Crippen LogP contribution is -2.62. The molecule has 1 unspecified atom stereocenters. The van der Waals surface area contributed by atoms with E-state index in [0.717, 1.165) is 0 Å². The molecule has 0 saturated carbocycles. The Labute approximate surface area is 81.0 Å². The summed E-state index contributed by atoms with van der Waals surface area (Å²) in [7, 11) is 0. The van der Waals surface area contributed by atoms with E-state index in [1.54, 1.807) is 6.92 Å². The summed E-state index contributed by atoms with van der Waals surface area (Å²) in [6, 6.07) is 0. The fourth-order valence-electron chi connectivity index (χ4n) is 1.71. The number of fused-ring (bicyclic) bond motifs is 1. The lowest BCUT2D eigenvalue weighted by atomic mass is 9.98. The molecule has 0 amide bonds. The summed E-state index contributed by atoms with van der Waals surface area (Å²) in [5.41, 5.74) is 0. The van der Waals surface area contributed by atoms with Crippen molar-refractivity contribution < 1.29 is 29.5 Å². The van der Waals surface area contributed by atoms with Crippen LogP contribution in [-0.2, 0) is 14.2 Å². The molecule has 0 spiro atoms. The Morgan fingerprint density at radius 2 is 1.79 bits per heavy atom. The van der Waals surface area contributed by atoms with Gasteiger partial charge in [-0.05, 0) is 6.92 Å². The molecule has 2 rings (SSSR count). The monoisotopic (exact) mass is 206 g/mol. The maximum absolute atomic E-state index is 9.59. The highest BCUT2D eigenvalue weighted by molar-refractivity contribution is 4.91. The molecule has 82 valence electrons. The Balaban J connectivity index is 2.08. The van der Waals surface area contributed by atoms with E-state index >= 15 is 0 Å². The third-order valence-corrected chi connectivity index (χ3v) is 2.50. The summed E-state index contributed by atoms with van der Waals surface area (Å²) < 4.78 is 15.4. The maximum atomic E-state index is 9.59. The first-order valence-corrected chi connectivity index (χ1v) is 4.56. The van der Waals surface area contributed by atoms with Gasteiger partial charge in [0, 0.05) is 0 Å². The van der Waals surface area contributed by atoms with Crippen LogP contribution in [0.2, 0.25) is 0 Å². The van der Waals surface area contributed by atoms with Crippen molar-refractivity contribution in [3.63, 3.8) is 0 Å². The highest BCUT2D eigenvalue weighted by Gasteiger charge is 2.47. The van der Waals surface area contributed by atoms with Gasteiger partial charge in [0.1, 0.15) is 24.4 Å². The highest BCUT2D eigenvalue weighted by Crippen LogP contribution is 2.27. The fourth-order valence-corrected chi connectivity index (χ4v) is 1.71. The molecule has 3 N–H and O–H groups in total. The quantitative estimate of drug-likeness (QED) is 0.433. The lowest BCUT2D eigenvalue weighted by molar-refractivity contribution is -0.348. The van der Waals surface area contributed by atoms with Gasteiger partial charge in [-0.25, -0.2) is 0 Å². The van der Waals surface area contributed by atoms with E-state index in [1.165, 1.54) is 0 Å². The Morgan fingerprint density at radius 3 is 2.50 bits per heavy atom. The summed E-state index contributed by atoms with van der Waals surface area (Å²) in [4.78, 5) is 0. The van der Waals surface area contributed by atoms with Gasteiger partial charge < -0.3 is 29.5 Å². The Bertz CT molecular complexity index is 208. The van der Waals surface area contributed by atoms with Gasteiger partial charge in [0.15, 0.2) is 12.6 Å². The summed E-state index contributed by atoms with van der Waals surface area (Å²) in [5, 5.41) is 28.1. The van der Waals surface area contributed by atoms with Gasteiger partial charge in [-0.1, -0.05) is 0 Å². The molecule has 2 fully saturated rings. The number of hydrogen-bond acceptors (Lipinski definition) is 6. The average molecular weight is 206 g/mol. The SMILES string of the molecule is C[C@@H]1OC[C@H]2OC(O)[C@H](O)[C@@H](O)[C@@H]2O1. The molecule has 2 aliphatic rings. The number of aliphatic hydroxyl groups is 3. The van der Waals surface area contributed by atoms with E-state index in [4.69, 9.17) is 14.2 Å². The largest absolute Gasteiger partial charge is 0.387 e. The van der Waals surface area contributed by atoms with E-state index in [1.807, 2.05) is 0 Å². The van der Waals surface area contributed by atoms with Crippen LogP contribution in [-0.4, -0.2) is 58.9 Å². The first-order valence-electron chi connectivity index (χ1n) is 4.56. The van der Waals surface area contributed by atoms with Crippen molar-refractivity contribution in [3.05, 3.63) is 0 Å². The molecule has 6 atom stereocenters. The van der Waals surface area contributed by atoms with Gasteiger partial charge in [-0.2, -0.15) is 0 Å². The zero-order valence-corrected chi connectivity index (χ0v) is 7.74. The van der Waals surface area contributed by atoms with Gasteiger partial charge in [0.2, 0.25) is 0 Å². The van der Waals surface area contributed by atoms with Crippen LogP contribution in [0.1, 0.15) is 6.92 Å². The van der Waals surface area contributed by atoms with E-state index in [-0.39, 0.29) is 6.61 Å². The van der Waals surface area contributed by atoms with Gasteiger partial charge in [0.05, 0.1) is 6.61 Å². The van der Waals surface area contributed by atoms with Gasteiger partial charge in [-0.15, -0.1) is 0 Å². The zero-order chi connectivity index (χ0) is 10.3. The number of rotatable bonds is 0. The predicted molar refractivity (Wildman–Crippen MR) is 43.2 cm³/mol. The molecule has 0 radical (unpaired) electrons. The van der Waals surface area contributed by atoms with Crippen LogP contribution in [0.25, 0.3) is 0 Å². The number of aliphatic hydroxyl groups excluding tert-OH is 3. The Hall–Kier alpha value is -0.240. The fraction of sp³-hybridized carbons (Fsp3) is 1.00. The molecular formula is C8H14O6. The first kappa shape index (κ1) is 10.3. The maximum Gasteiger partial charge on any atom is 0.184 e. The van der Waals surface area contributed by atoms with Gasteiger partial charge in [0.25, 0.3) is 0 Å². The summed E-state index contributed by atoms with van der Waals surface area (Å²) in [6.07, 6.45) is -5.46. The normalized spacial score (nSPS) is 54.0. The van der Waals surface area contributed by atoms with Crippen LogP contribution in [0.3, 0.4) is 0 Å². The molecule has 14 heavy (non-hydrogen) atoms. The first-order chi connectivity index (χ1) is 6.59. The third kappa shape index (κ3) is 1.65.